The van der Waals surface area contributed by atoms with Gasteiger partial charge in [0.2, 0.25) is 5.88 Å². The maximum absolute atomic E-state index is 10.5. The second kappa shape index (κ2) is 7.21. The Morgan fingerprint density at radius 3 is 2.32 bits per heavy atom. The summed E-state index contributed by atoms with van der Waals surface area (Å²) in [7, 11) is 0. The van der Waals surface area contributed by atoms with Crippen LogP contribution in [0.25, 0.3) is 11.1 Å². The van der Waals surface area contributed by atoms with E-state index in [0.29, 0.717) is 5.56 Å². The van der Waals surface area contributed by atoms with Crippen molar-refractivity contribution in [1.82, 2.24) is 4.57 Å². The Bertz CT molecular complexity index is 824. The van der Waals surface area contributed by atoms with Crippen LogP contribution >= 0.6 is 0 Å². The highest BCUT2D eigenvalue weighted by Gasteiger charge is 2.15. The van der Waals surface area contributed by atoms with Crippen LogP contribution in [0, 0.1) is 0 Å². The average Bonchev–Trinajstić information content (AvgIpc) is 2.88. The Labute approximate surface area is 147 Å². The third-order valence-electron chi connectivity index (χ3n) is 3.80. The van der Waals surface area contributed by atoms with Gasteiger partial charge in [0.1, 0.15) is 5.75 Å². The smallest absolute Gasteiger partial charge is 0.203 e. The molecule has 1 heterocycles. The van der Waals surface area contributed by atoms with E-state index >= 15 is 0 Å². The molecule has 3 aromatic rings. The van der Waals surface area contributed by atoms with Crippen molar-refractivity contribution in [3.05, 3.63) is 60.7 Å². The second-order valence-corrected chi connectivity index (χ2v) is 6.06. The minimum absolute atomic E-state index is 0.00145. The lowest BCUT2D eigenvalue weighted by atomic mass is 10.1. The van der Waals surface area contributed by atoms with Gasteiger partial charge >= 0.3 is 0 Å². The molecule has 3 N–H and O–H groups in total. The molecule has 0 atom stereocenters. The quantitative estimate of drug-likeness (QED) is 0.622. The first-order valence-electron chi connectivity index (χ1n) is 8.22. The third-order valence-corrected chi connectivity index (χ3v) is 3.80. The first kappa shape index (κ1) is 16.8. The van der Waals surface area contributed by atoms with Crippen LogP contribution in [-0.4, -0.2) is 20.9 Å². The highest BCUT2D eigenvalue weighted by molar-refractivity contribution is 5.71. The van der Waals surface area contributed by atoms with Crippen molar-refractivity contribution < 1.29 is 14.9 Å². The molecule has 130 valence electrons. The number of anilines is 1. The van der Waals surface area contributed by atoms with Gasteiger partial charge in [0.25, 0.3) is 0 Å². The summed E-state index contributed by atoms with van der Waals surface area (Å²) in [6.07, 6.45) is 0.105. The minimum atomic E-state index is -0.00145. The Morgan fingerprint density at radius 2 is 1.68 bits per heavy atom. The van der Waals surface area contributed by atoms with Crippen molar-refractivity contribution >= 4 is 5.69 Å². The molecule has 0 aliphatic rings. The van der Waals surface area contributed by atoms with Crippen molar-refractivity contribution in [2.45, 2.75) is 26.6 Å². The maximum atomic E-state index is 10.5. The van der Waals surface area contributed by atoms with Crippen LogP contribution < -0.4 is 10.1 Å². The van der Waals surface area contributed by atoms with Crippen molar-refractivity contribution in [1.29, 1.82) is 0 Å². The Kier molecular flexibility index (Phi) is 4.84. The van der Waals surface area contributed by atoms with E-state index in [1.54, 1.807) is 6.07 Å². The molecule has 0 aliphatic heterocycles. The molecule has 2 aromatic carbocycles. The zero-order chi connectivity index (χ0) is 17.8. The van der Waals surface area contributed by atoms with Crippen LogP contribution in [0.15, 0.2) is 60.7 Å². The van der Waals surface area contributed by atoms with E-state index in [1.807, 2.05) is 68.4 Å². The number of benzene rings is 2. The number of nitrogens with zero attached hydrogens (tertiary/aromatic N) is 1. The second-order valence-electron chi connectivity index (χ2n) is 6.06. The largest absolute Gasteiger partial charge is 0.494 e. The molecule has 0 spiro atoms. The highest BCUT2D eigenvalue weighted by Crippen LogP contribution is 2.36. The van der Waals surface area contributed by atoms with E-state index in [1.165, 1.54) is 4.57 Å². The molecule has 5 nitrogen and oxygen atoms in total. The molecular formula is C20H22N2O3. The number of para-hydroxylation sites is 1. The Hall–Kier alpha value is -3.08. The molecule has 0 unspecified atom stereocenters. The summed E-state index contributed by atoms with van der Waals surface area (Å²) in [4.78, 5) is 0. The number of nitrogens with one attached hydrogen (secondary N) is 1. The summed E-state index contributed by atoms with van der Waals surface area (Å²) in [5, 5.41) is 23.8. The Morgan fingerprint density at radius 1 is 1.00 bits per heavy atom. The third kappa shape index (κ3) is 3.88. The average molecular weight is 338 g/mol. The van der Waals surface area contributed by atoms with Crippen LogP contribution in [0.2, 0.25) is 0 Å². The fourth-order valence-electron chi connectivity index (χ4n) is 2.61. The highest BCUT2D eigenvalue weighted by atomic mass is 16.5. The molecule has 5 heteroatoms. The van der Waals surface area contributed by atoms with Crippen LogP contribution in [0.1, 0.15) is 13.8 Å². The van der Waals surface area contributed by atoms with Crippen molar-refractivity contribution in [2.75, 3.05) is 5.32 Å². The molecule has 0 bridgehead atoms. The summed E-state index contributed by atoms with van der Waals surface area (Å²) >= 11 is 0. The van der Waals surface area contributed by atoms with Gasteiger partial charge in [-0.3, -0.25) is 4.57 Å². The zero-order valence-electron chi connectivity index (χ0n) is 14.3. The van der Waals surface area contributed by atoms with Crippen molar-refractivity contribution in [2.24, 2.45) is 0 Å². The zero-order valence-corrected chi connectivity index (χ0v) is 14.3. The molecule has 1 aromatic heterocycles. The molecule has 0 aliphatic carbocycles. The van der Waals surface area contributed by atoms with Crippen LogP contribution in [0.5, 0.6) is 17.5 Å². The van der Waals surface area contributed by atoms with E-state index in [4.69, 9.17) is 4.74 Å². The molecule has 0 amide bonds. The summed E-state index contributed by atoms with van der Waals surface area (Å²) in [6, 6.07) is 18.6. The summed E-state index contributed by atoms with van der Waals surface area (Å²) < 4.78 is 7.04. The SMILES string of the molecule is CC(C)Oc1ccc(-c2cc(O)n(CNc3ccccc3)c2O)cc1. The van der Waals surface area contributed by atoms with E-state index in [2.05, 4.69) is 5.32 Å². The van der Waals surface area contributed by atoms with Gasteiger partial charge in [0.05, 0.1) is 12.8 Å². The molecule has 0 radical (unpaired) electrons. The van der Waals surface area contributed by atoms with Gasteiger partial charge in [-0.15, -0.1) is 0 Å². The van der Waals surface area contributed by atoms with E-state index in [-0.39, 0.29) is 24.5 Å². The lowest BCUT2D eigenvalue weighted by Crippen LogP contribution is -2.06. The predicted molar refractivity (Wildman–Crippen MR) is 99.0 cm³/mol. The number of ether oxygens (including phenoxy) is 1. The van der Waals surface area contributed by atoms with Gasteiger partial charge < -0.3 is 20.3 Å². The normalized spacial score (nSPS) is 10.8. The summed E-state index contributed by atoms with van der Waals surface area (Å²) in [5.41, 5.74) is 2.29. The predicted octanol–water partition coefficient (Wildman–Crippen LogP) is 4.42. The standard InChI is InChI=1S/C20H22N2O3/c1-14(2)25-17-10-8-15(9-11-17)18-12-19(23)22(20(18)24)13-21-16-6-4-3-5-7-16/h3-12,14,21,23-24H,13H2,1-2H3. The van der Waals surface area contributed by atoms with E-state index in [9.17, 15) is 10.2 Å². The van der Waals surface area contributed by atoms with Crippen LogP contribution in [-0.2, 0) is 6.67 Å². The fraction of sp³-hybridized carbons (Fsp3) is 0.200. The van der Waals surface area contributed by atoms with Gasteiger partial charge in [-0.25, -0.2) is 0 Å². The van der Waals surface area contributed by atoms with Gasteiger partial charge in [-0.1, -0.05) is 30.3 Å². The number of aromatic nitrogens is 1. The Balaban J connectivity index is 1.79. The molecule has 0 fully saturated rings. The van der Waals surface area contributed by atoms with Crippen LogP contribution in [0.4, 0.5) is 5.69 Å². The van der Waals surface area contributed by atoms with Crippen molar-refractivity contribution in [3.8, 4) is 28.6 Å². The molecule has 3 rings (SSSR count). The summed E-state index contributed by atoms with van der Waals surface area (Å²) in [6.45, 7) is 4.20. The van der Waals surface area contributed by atoms with Crippen molar-refractivity contribution in [3.63, 3.8) is 0 Å². The number of rotatable bonds is 6. The van der Waals surface area contributed by atoms with Gasteiger partial charge in [0.15, 0.2) is 5.88 Å². The molecule has 25 heavy (non-hydrogen) atoms. The number of aromatic hydroxyl groups is 2. The van der Waals surface area contributed by atoms with Gasteiger partial charge in [-0.05, 0) is 43.7 Å². The fourth-order valence-corrected chi connectivity index (χ4v) is 2.61. The lowest BCUT2D eigenvalue weighted by Gasteiger charge is -2.11. The first-order valence-corrected chi connectivity index (χ1v) is 8.22. The minimum Gasteiger partial charge on any atom is -0.494 e. The molecule has 0 saturated carbocycles. The van der Waals surface area contributed by atoms with Gasteiger partial charge in [0, 0.05) is 17.3 Å². The molecular weight excluding hydrogens is 316 g/mol. The first-order chi connectivity index (χ1) is 12.0. The summed E-state index contributed by atoms with van der Waals surface area (Å²) in [5.74, 6) is 0.782. The van der Waals surface area contributed by atoms with E-state index < -0.39 is 0 Å². The van der Waals surface area contributed by atoms with Gasteiger partial charge in [-0.2, -0.15) is 0 Å². The lowest BCUT2D eigenvalue weighted by molar-refractivity contribution is 0.242. The van der Waals surface area contributed by atoms with E-state index in [0.717, 1.165) is 17.0 Å². The van der Waals surface area contributed by atoms with Crippen LogP contribution in [0.3, 0.4) is 0 Å². The number of hydrogen-bond donors (Lipinski definition) is 3. The topological polar surface area (TPSA) is 66.7 Å². The number of hydrogen-bond acceptors (Lipinski definition) is 4. The monoisotopic (exact) mass is 338 g/mol. The maximum Gasteiger partial charge on any atom is 0.203 e. The molecule has 0 saturated heterocycles.